The lowest BCUT2D eigenvalue weighted by molar-refractivity contribution is -0.149. The van der Waals surface area contributed by atoms with Gasteiger partial charge in [-0.3, -0.25) is 14.5 Å². The molecule has 2 aromatic rings. The van der Waals surface area contributed by atoms with Gasteiger partial charge in [0, 0.05) is 0 Å². The fourth-order valence-electron chi connectivity index (χ4n) is 3.85. The van der Waals surface area contributed by atoms with E-state index >= 15 is 0 Å². The highest BCUT2D eigenvalue weighted by Crippen LogP contribution is 2.41. The van der Waals surface area contributed by atoms with Crippen LogP contribution in [0.25, 0.3) is 0 Å². The van der Waals surface area contributed by atoms with Crippen LogP contribution in [-0.2, 0) is 9.53 Å². The Morgan fingerprint density at radius 3 is 2.70 bits per heavy atom. The molecule has 0 radical (unpaired) electrons. The number of carbonyl (C=O) groups excluding carboxylic acids is 2. The highest BCUT2D eigenvalue weighted by atomic mass is 32.2. The van der Waals surface area contributed by atoms with Crippen LogP contribution >= 0.6 is 11.8 Å². The van der Waals surface area contributed by atoms with E-state index in [1.54, 1.807) is 0 Å². The lowest BCUT2D eigenvalue weighted by Crippen LogP contribution is -2.44. The molecule has 142 valence electrons. The van der Waals surface area contributed by atoms with Crippen LogP contribution in [-0.4, -0.2) is 56.5 Å². The SMILES string of the molecule is CCOC(=O)C1CCN(C(c2ccccc2)C2Sc3ncnn3C2=O)CC1. The number of nitrogens with zero attached hydrogens (tertiary/aromatic N) is 4. The molecule has 3 heterocycles. The van der Waals surface area contributed by atoms with Crippen molar-refractivity contribution in [2.45, 2.75) is 36.2 Å². The second kappa shape index (κ2) is 7.82. The van der Waals surface area contributed by atoms with Crippen LogP contribution in [0.2, 0.25) is 0 Å². The van der Waals surface area contributed by atoms with Crippen LogP contribution in [0, 0.1) is 5.92 Å². The molecule has 2 unspecified atom stereocenters. The van der Waals surface area contributed by atoms with Gasteiger partial charge in [0.25, 0.3) is 5.91 Å². The van der Waals surface area contributed by atoms with Crippen molar-refractivity contribution in [2.75, 3.05) is 19.7 Å². The van der Waals surface area contributed by atoms with E-state index in [1.165, 1.54) is 22.8 Å². The number of carbonyl (C=O) groups is 2. The molecule has 0 amide bonds. The van der Waals surface area contributed by atoms with Gasteiger partial charge in [0.1, 0.15) is 11.6 Å². The Kier molecular flexibility index (Phi) is 5.27. The number of aromatic nitrogens is 3. The van der Waals surface area contributed by atoms with Gasteiger partial charge in [0.2, 0.25) is 0 Å². The summed E-state index contributed by atoms with van der Waals surface area (Å²) in [5.74, 6) is -0.195. The van der Waals surface area contributed by atoms with E-state index in [0.717, 1.165) is 31.5 Å². The number of esters is 1. The summed E-state index contributed by atoms with van der Waals surface area (Å²) in [7, 11) is 0. The highest BCUT2D eigenvalue weighted by molar-refractivity contribution is 8.00. The van der Waals surface area contributed by atoms with Gasteiger partial charge in [-0.25, -0.2) is 4.98 Å². The quantitative estimate of drug-likeness (QED) is 0.730. The lowest BCUT2D eigenvalue weighted by atomic mass is 9.93. The van der Waals surface area contributed by atoms with Crippen LogP contribution in [0.1, 0.15) is 36.2 Å². The Hall–Kier alpha value is -2.19. The molecule has 1 saturated heterocycles. The van der Waals surface area contributed by atoms with Crippen molar-refractivity contribution in [3.8, 4) is 0 Å². The average Bonchev–Trinajstić information content (AvgIpc) is 3.27. The zero-order valence-corrected chi connectivity index (χ0v) is 16.0. The Morgan fingerprint density at radius 1 is 1.30 bits per heavy atom. The summed E-state index contributed by atoms with van der Waals surface area (Å²) in [6.45, 7) is 3.75. The van der Waals surface area contributed by atoms with Crippen LogP contribution < -0.4 is 0 Å². The maximum Gasteiger partial charge on any atom is 0.309 e. The van der Waals surface area contributed by atoms with Crippen molar-refractivity contribution >= 4 is 23.6 Å². The molecular weight excluding hydrogens is 364 g/mol. The number of thioether (sulfide) groups is 1. The van der Waals surface area contributed by atoms with E-state index in [0.29, 0.717) is 11.8 Å². The summed E-state index contributed by atoms with van der Waals surface area (Å²) in [5, 5.41) is 4.42. The predicted octanol–water partition coefficient (Wildman–Crippen LogP) is 2.41. The third-order valence-corrected chi connectivity index (χ3v) is 6.37. The molecule has 2 aliphatic rings. The van der Waals surface area contributed by atoms with Gasteiger partial charge in [-0.05, 0) is 38.4 Å². The normalized spacial score (nSPS) is 21.8. The van der Waals surface area contributed by atoms with Crippen LogP contribution in [0.15, 0.2) is 41.8 Å². The second-order valence-corrected chi connectivity index (χ2v) is 7.86. The zero-order chi connectivity index (χ0) is 18.8. The van der Waals surface area contributed by atoms with Crippen LogP contribution in [0.5, 0.6) is 0 Å². The van der Waals surface area contributed by atoms with E-state index in [1.807, 2.05) is 25.1 Å². The highest BCUT2D eigenvalue weighted by Gasteiger charge is 2.43. The Bertz CT molecular complexity index is 817. The van der Waals surface area contributed by atoms with E-state index in [4.69, 9.17) is 4.74 Å². The third-order valence-electron chi connectivity index (χ3n) is 5.17. The molecule has 2 atom stereocenters. The summed E-state index contributed by atoms with van der Waals surface area (Å²) in [5.41, 5.74) is 1.10. The number of benzene rings is 1. The van der Waals surface area contributed by atoms with Gasteiger partial charge in [-0.1, -0.05) is 42.1 Å². The molecule has 27 heavy (non-hydrogen) atoms. The maximum absolute atomic E-state index is 12.9. The Labute approximate surface area is 162 Å². The van der Waals surface area contributed by atoms with Gasteiger partial charge in [0.05, 0.1) is 18.6 Å². The van der Waals surface area contributed by atoms with Crippen molar-refractivity contribution in [2.24, 2.45) is 5.92 Å². The average molecular weight is 386 g/mol. The first-order valence-corrected chi connectivity index (χ1v) is 10.1. The molecule has 2 aliphatic heterocycles. The number of ether oxygens (including phenoxy) is 1. The maximum atomic E-state index is 12.9. The van der Waals surface area contributed by atoms with Gasteiger partial charge in [-0.15, -0.1) is 0 Å². The number of hydrogen-bond acceptors (Lipinski definition) is 7. The van der Waals surface area contributed by atoms with E-state index < -0.39 is 0 Å². The summed E-state index contributed by atoms with van der Waals surface area (Å²) in [6, 6.07) is 10.0. The number of hydrogen-bond donors (Lipinski definition) is 0. The molecule has 0 saturated carbocycles. The van der Waals surface area contributed by atoms with Crippen molar-refractivity contribution in [1.29, 1.82) is 0 Å². The summed E-state index contributed by atoms with van der Waals surface area (Å²) >= 11 is 1.47. The second-order valence-electron chi connectivity index (χ2n) is 6.75. The molecule has 8 heteroatoms. The topological polar surface area (TPSA) is 77.3 Å². The van der Waals surface area contributed by atoms with Crippen molar-refractivity contribution in [3.05, 3.63) is 42.2 Å². The van der Waals surface area contributed by atoms with E-state index in [9.17, 15) is 9.59 Å². The van der Waals surface area contributed by atoms with E-state index in [-0.39, 0.29) is 29.1 Å². The number of fused-ring (bicyclic) bond motifs is 1. The summed E-state index contributed by atoms with van der Waals surface area (Å²) < 4.78 is 6.57. The minimum Gasteiger partial charge on any atom is -0.466 e. The lowest BCUT2D eigenvalue weighted by Gasteiger charge is -2.38. The fourth-order valence-corrected chi connectivity index (χ4v) is 5.08. The predicted molar refractivity (Wildman–Crippen MR) is 100 cm³/mol. The summed E-state index contributed by atoms with van der Waals surface area (Å²) in [6.07, 6.45) is 2.91. The van der Waals surface area contributed by atoms with Crippen molar-refractivity contribution < 1.29 is 14.3 Å². The smallest absolute Gasteiger partial charge is 0.309 e. The van der Waals surface area contributed by atoms with Crippen LogP contribution in [0.4, 0.5) is 0 Å². The first-order chi connectivity index (χ1) is 13.2. The minimum absolute atomic E-state index is 0.0335. The Balaban J connectivity index is 1.55. The molecule has 4 rings (SSSR count). The largest absolute Gasteiger partial charge is 0.466 e. The molecule has 0 bridgehead atoms. The van der Waals surface area contributed by atoms with Crippen molar-refractivity contribution in [1.82, 2.24) is 19.7 Å². The monoisotopic (exact) mass is 386 g/mol. The van der Waals surface area contributed by atoms with Gasteiger partial charge in [-0.2, -0.15) is 9.78 Å². The molecule has 1 aromatic carbocycles. The number of piperidine rings is 1. The summed E-state index contributed by atoms with van der Waals surface area (Å²) in [4.78, 5) is 31.5. The number of rotatable bonds is 5. The standard InChI is InChI=1S/C19H22N4O3S/c1-2-26-18(25)14-8-10-22(11-9-14)15(13-6-4-3-5-7-13)16-17(24)23-19(27-16)20-12-21-23/h3-7,12,14-16H,2,8-11H2,1H3. The van der Waals surface area contributed by atoms with E-state index in [2.05, 4.69) is 27.1 Å². The third kappa shape index (κ3) is 3.51. The van der Waals surface area contributed by atoms with Gasteiger partial charge < -0.3 is 4.74 Å². The molecule has 0 aliphatic carbocycles. The minimum atomic E-state index is -0.289. The fraction of sp³-hybridized carbons (Fsp3) is 0.474. The van der Waals surface area contributed by atoms with Gasteiger partial charge in [0.15, 0.2) is 5.16 Å². The molecule has 0 spiro atoms. The number of likely N-dealkylation sites (tertiary alicyclic amines) is 1. The van der Waals surface area contributed by atoms with Gasteiger partial charge >= 0.3 is 5.97 Å². The van der Waals surface area contributed by atoms with Crippen molar-refractivity contribution in [3.63, 3.8) is 0 Å². The van der Waals surface area contributed by atoms with Crippen LogP contribution in [0.3, 0.4) is 0 Å². The zero-order valence-electron chi connectivity index (χ0n) is 15.2. The molecular formula is C19H22N4O3S. The molecule has 7 nitrogen and oxygen atoms in total. The molecule has 1 fully saturated rings. The molecule has 0 N–H and O–H groups in total. The molecule has 1 aromatic heterocycles. The first-order valence-electron chi connectivity index (χ1n) is 9.25. The first kappa shape index (κ1) is 18.2. The Morgan fingerprint density at radius 2 is 2.04 bits per heavy atom.